The van der Waals surface area contributed by atoms with Crippen molar-refractivity contribution in [2.75, 3.05) is 13.2 Å². The van der Waals surface area contributed by atoms with E-state index in [-0.39, 0.29) is 11.1 Å². The van der Waals surface area contributed by atoms with Crippen LogP contribution in [0.25, 0.3) is 0 Å². The summed E-state index contributed by atoms with van der Waals surface area (Å²) < 4.78 is 6.23. The monoisotopic (exact) mass is 241 g/mol. The van der Waals surface area contributed by atoms with Crippen LogP contribution >= 0.6 is 0 Å². The quantitative estimate of drug-likeness (QED) is 0.764. The molecule has 1 saturated carbocycles. The van der Waals surface area contributed by atoms with Crippen molar-refractivity contribution < 1.29 is 4.74 Å². The van der Waals surface area contributed by atoms with Crippen LogP contribution in [0.2, 0.25) is 0 Å². The second-order valence-electron chi connectivity index (χ2n) is 7.02. The molecule has 0 saturated heterocycles. The Morgan fingerprint density at radius 2 is 1.76 bits per heavy atom. The van der Waals surface area contributed by atoms with E-state index in [1.165, 1.54) is 32.1 Å². The molecule has 1 rings (SSSR count). The van der Waals surface area contributed by atoms with Gasteiger partial charge >= 0.3 is 0 Å². The highest BCUT2D eigenvalue weighted by Gasteiger charge is 2.35. The zero-order chi connectivity index (χ0) is 12.9. The summed E-state index contributed by atoms with van der Waals surface area (Å²) in [6, 6.07) is 0. The highest BCUT2D eigenvalue weighted by molar-refractivity contribution is 4.90. The van der Waals surface area contributed by atoms with Crippen molar-refractivity contribution in [2.24, 2.45) is 5.92 Å². The summed E-state index contributed by atoms with van der Waals surface area (Å²) in [6.07, 6.45) is 6.29. The van der Waals surface area contributed by atoms with Crippen molar-refractivity contribution in [1.82, 2.24) is 5.32 Å². The molecule has 0 aromatic heterocycles. The lowest BCUT2D eigenvalue weighted by Gasteiger charge is -2.34. The van der Waals surface area contributed by atoms with Crippen molar-refractivity contribution in [1.29, 1.82) is 0 Å². The second kappa shape index (κ2) is 6.19. The molecule has 0 unspecified atom stereocenters. The van der Waals surface area contributed by atoms with Crippen LogP contribution in [0.5, 0.6) is 0 Å². The Bertz CT molecular complexity index is 211. The third-order valence-corrected chi connectivity index (χ3v) is 3.56. The summed E-state index contributed by atoms with van der Waals surface area (Å²) >= 11 is 0. The maximum absolute atomic E-state index is 6.23. The fourth-order valence-electron chi connectivity index (χ4n) is 2.33. The van der Waals surface area contributed by atoms with Crippen LogP contribution in [0.15, 0.2) is 0 Å². The molecule has 0 spiro atoms. The van der Waals surface area contributed by atoms with E-state index in [0.717, 1.165) is 19.1 Å². The lowest BCUT2D eigenvalue weighted by Crippen LogP contribution is -2.48. The van der Waals surface area contributed by atoms with Crippen LogP contribution in [0.1, 0.15) is 66.7 Å². The number of nitrogens with one attached hydrogen (secondary N) is 1. The van der Waals surface area contributed by atoms with E-state index < -0.39 is 0 Å². The van der Waals surface area contributed by atoms with Crippen LogP contribution < -0.4 is 5.32 Å². The number of rotatable bonds is 6. The topological polar surface area (TPSA) is 21.3 Å². The molecule has 1 N–H and O–H groups in total. The Balaban J connectivity index is 2.39. The molecule has 1 aliphatic carbocycles. The van der Waals surface area contributed by atoms with Gasteiger partial charge in [-0.25, -0.2) is 0 Å². The summed E-state index contributed by atoms with van der Waals surface area (Å²) in [6.45, 7) is 13.1. The van der Waals surface area contributed by atoms with Crippen molar-refractivity contribution in [3.05, 3.63) is 0 Å². The first-order valence-corrected chi connectivity index (χ1v) is 7.22. The number of hydrogen-bond acceptors (Lipinski definition) is 2. The second-order valence-corrected chi connectivity index (χ2v) is 7.02. The Morgan fingerprint density at radius 1 is 1.18 bits per heavy atom. The molecule has 1 aliphatic rings. The summed E-state index contributed by atoms with van der Waals surface area (Å²) in [4.78, 5) is 0. The molecule has 102 valence electrons. The number of hydrogen-bond donors (Lipinski definition) is 1. The van der Waals surface area contributed by atoms with Gasteiger partial charge in [0.2, 0.25) is 0 Å². The van der Waals surface area contributed by atoms with Crippen LogP contribution in [0.4, 0.5) is 0 Å². The predicted molar refractivity (Wildman–Crippen MR) is 74.4 cm³/mol. The van der Waals surface area contributed by atoms with Crippen LogP contribution in [0, 0.1) is 5.92 Å². The molecule has 0 radical (unpaired) electrons. The van der Waals surface area contributed by atoms with Gasteiger partial charge in [0.1, 0.15) is 0 Å². The van der Waals surface area contributed by atoms with Gasteiger partial charge in [-0.2, -0.15) is 0 Å². The lowest BCUT2D eigenvalue weighted by molar-refractivity contribution is -0.0463. The number of ether oxygens (including phenoxy) is 1. The van der Waals surface area contributed by atoms with Crippen LogP contribution in [-0.2, 0) is 4.74 Å². The van der Waals surface area contributed by atoms with E-state index in [4.69, 9.17) is 4.74 Å². The standard InChI is InChI=1S/C15H31NO/c1-13(2)8-11-17-15(9-6-7-10-15)12-16-14(3,4)5/h13,16H,6-12H2,1-5H3. The van der Waals surface area contributed by atoms with Gasteiger partial charge in [-0.3, -0.25) is 0 Å². The minimum absolute atomic E-state index is 0.127. The average molecular weight is 241 g/mol. The summed E-state index contributed by atoms with van der Waals surface area (Å²) in [7, 11) is 0. The van der Waals surface area contributed by atoms with Crippen LogP contribution in [-0.4, -0.2) is 24.3 Å². The van der Waals surface area contributed by atoms with Crippen molar-refractivity contribution in [3.8, 4) is 0 Å². The maximum Gasteiger partial charge on any atom is 0.0806 e. The molecule has 17 heavy (non-hydrogen) atoms. The average Bonchev–Trinajstić information content (AvgIpc) is 2.63. The van der Waals surface area contributed by atoms with E-state index in [9.17, 15) is 0 Å². The molecule has 2 heteroatoms. The van der Waals surface area contributed by atoms with Crippen molar-refractivity contribution in [2.45, 2.75) is 77.9 Å². The summed E-state index contributed by atoms with van der Waals surface area (Å²) in [5, 5.41) is 3.62. The third kappa shape index (κ3) is 5.87. The first-order valence-electron chi connectivity index (χ1n) is 7.22. The molecule has 0 aromatic carbocycles. The highest BCUT2D eigenvalue weighted by atomic mass is 16.5. The zero-order valence-electron chi connectivity index (χ0n) is 12.4. The molecule has 1 fully saturated rings. The fourth-order valence-corrected chi connectivity index (χ4v) is 2.33. The predicted octanol–water partition coefficient (Wildman–Crippen LogP) is 3.75. The lowest BCUT2D eigenvalue weighted by atomic mass is 9.99. The van der Waals surface area contributed by atoms with Gasteiger partial charge < -0.3 is 10.1 Å². The van der Waals surface area contributed by atoms with Gasteiger partial charge in [0.15, 0.2) is 0 Å². The first-order chi connectivity index (χ1) is 7.83. The molecule has 2 nitrogen and oxygen atoms in total. The highest BCUT2D eigenvalue weighted by Crippen LogP contribution is 2.33. The van der Waals surface area contributed by atoms with Crippen molar-refractivity contribution >= 4 is 0 Å². The van der Waals surface area contributed by atoms with E-state index >= 15 is 0 Å². The zero-order valence-corrected chi connectivity index (χ0v) is 12.4. The molecule has 0 amide bonds. The summed E-state index contributed by atoms with van der Waals surface area (Å²) in [5.41, 5.74) is 0.319. The van der Waals surface area contributed by atoms with Gasteiger partial charge in [-0.05, 0) is 46.0 Å². The Morgan fingerprint density at radius 3 is 2.24 bits per heavy atom. The van der Waals surface area contributed by atoms with E-state index in [1.807, 2.05) is 0 Å². The minimum Gasteiger partial charge on any atom is -0.374 e. The minimum atomic E-state index is 0.127. The van der Waals surface area contributed by atoms with Gasteiger partial charge in [0.25, 0.3) is 0 Å². The molecule has 0 heterocycles. The molecular weight excluding hydrogens is 210 g/mol. The van der Waals surface area contributed by atoms with E-state index in [2.05, 4.69) is 39.9 Å². The maximum atomic E-state index is 6.23. The molecule has 0 aliphatic heterocycles. The Kier molecular flexibility index (Phi) is 5.46. The first kappa shape index (κ1) is 15.0. The van der Waals surface area contributed by atoms with Gasteiger partial charge in [0.05, 0.1) is 5.60 Å². The molecular formula is C15H31NO. The smallest absolute Gasteiger partial charge is 0.0806 e. The van der Waals surface area contributed by atoms with E-state index in [0.29, 0.717) is 0 Å². The van der Waals surface area contributed by atoms with Crippen molar-refractivity contribution in [3.63, 3.8) is 0 Å². The largest absolute Gasteiger partial charge is 0.374 e. The fraction of sp³-hybridized carbons (Fsp3) is 1.00. The van der Waals surface area contributed by atoms with E-state index in [1.54, 1.807) is 0 Å². The van der Waals surface area contributed by atoms with Gasteiger partial charge in [-0.15, -0.1) is 0 Å². The molecule has 0 bridgehead atoms. The summed E-state index contributed by atoms with van der Waals surface area (Å²) in [5.74, 6) is 0.740. The van der Waals surface area contributed by atoms with Crippen LogP contribution in [0.3, 0.4) is 0 Å². The SMILES string of the molecule is CC(C)CCOC1(CNC(C)(C)C)CCCC1. The molecule has 0 aromatic rings. The normalized spacial score (nSPS) is 20.1. The Hall–Kier alpha value is -0.0800. The molecule has 0 atom stereocenters. The van der Waals surface area contributed by atoms with Gasteiger partial charge in [0, 0.05) is 18.7 Å². The van der Waals surface area contributed by atoms with Gasteiger partial charge in [-0.1, -0.05) is 26.7 Å². The Labute approximate surface area is 108 Å². The third-order valence-electron chi connectivity index (χ3n) is 3.56.